The zero-order valence-corrected chi connectivity index (χ0v) is 11.3. The van der Waals surface area contributed by atoms with Gasteiger partial charge >= 0.3 is 0 Å². The number of nitrogens with two attached hydrogens (primary N) is 1. The maximum Gasteiger partial charge on any atom is 0.142 e. The minimum absolute atomic E-state index is 0.708. The molecule has 94 valence electrons. The Morgan fingerprint density at radius 2 is 2.12 bits per heavy atom. The molecule has 0 saturated heterocycles. The molecule has 0 aliphatic heterocycles. The normalized spacial score (nSPS) is 20.3. The molecule has 0 unspecified atom stereocenters. The Morgan fingerprint density at radius 1 is 1.35 bits per heavy atom. The van der Waals surface area contributed by atoms with Crippen molar-refractivity contribution in [2.24, 2.45) is 5.92 Å². The Hall–Kier alpha value is -0.770. The van der Waals surface area contributed by atoms with Gasteiger partial charge in [-0.25, -0.2) is 0 Å². The second-order valence-corrected chi connectivity index (χ2v) is 6.15. The van der Waals surface area contributed by atoms with E-state index in [0.717, 1.165) is 18.3 Å². The summed E-state index contributed by atoms with van der Waals surface area (Å²) >= 11 is 1.60. The zero-order chi connectivity index (χ0) is 11.8. The van der Waals surface area contributed by atoms with Crippen molar-refractivity contribution in [3.05, 3.63) is 5.56 Å². The highest BCUT2D eigenvalue weighted by Crippen LogP contribution is 2.49. The van der Waals surface area contributed by atoms with E-state index in [0.29, 0.717) is 5.92 Å². The Kier molecular flexibility index (Phi) is 2.99. The number of nitrogen functional groups attached to an aromatic ring is 1. The molecular weight excluding hydrogens is 230 g/mol. The van der Waals surface area contributed by atoms with Crippen molar-refractivity contribution in [2.45, 2.75) is 44.9 Å². The van der Waals surface area contributed by atoms with E-state index in [1.54, 1.807) is 11.5 Å². The molecule has 0 atom stereocenters. The summed E-state index contributed by atoms with van der Waals surface area (Å²) in [4.78, 5) is 2.51. The molecule has 0 amide bonds. The number of nitrogens with zero attached hydrogens (tertiary/aromatic N) is 2. The molecule has 17 heavy (non-hydrogen) atoms. The van der Waals surface area contributed by atoms with Gasteiger partial charge in [0.1, 0.15) is 10.8 Å². The Bertz CT molecular complexity index is 393. The highest BCUT2D eigenvalue weighted by atomic mass is 32.1. The summed E-state index contributed by atoms with van der Waals surface area (Å²) in [5, 5.41) is 1.36. The summed E-state index contributed by atoms with van der Waals surface area (Å²) in [5.41, 5.74) is 7.38. The minimum Gasteiger partial charge on any atom is -0.383 e. The Morgan fingerprint density at radius 3 is 2.65 bits per heavy atom. The average Bonchev–Trinajstić information content (AvgIpc) is 3.02. The first kappa shape index (κ1) is 11.3. The third-order valence-corrected chi connectivity index (χ3v) is 5.03. The summed E-state index contributed by atoms with van der Waals surface area (Å²) in [5.74, 6) is 2.41. The van der Waals surface area contributed by atoms with E-state index in [2.05, 4.69) is 16.2 Å². The SMILES string of the molecule is CCN(CC1CCC1)c1snc(N)c1C1CC1. The van der Waals surface area contributed by atoms with E-state index in [9.17, 15) is 0 Å². The van der Waals surface area contributed by atoms with Crippen LogP contribution in [0.25, 0.3) is 0 Å². The van der Waals surface area contributed by atoms with Gasteiger partial charge < -0.3 is 10.6 Å². The van der Waals surface area contributed by atoms with Crippen molar-refractivity contribution in [3.8, 4) is 0 Å². The maximum atomic E-state index is 6.02. The van der Waals surface area contributed by atoms with Crippen LogP contribution in [0.4, 0.5) is 10.8 Å². The maximum absolute atomic E-state index is 6.02. The van der Waals surface area contributed by atoms with Crippen LogP contribution in [0.3, 0.4) is 0 Å². The van der Waals surface area contributed by atoms with E-state index >= 15 is 0 Å². The van der Waals surface area contributed by atoms with E-state index in [1.165, 1.54) is 49.2 Å². The van der Waals surface area contributed by atoms with Crippen molar-refractivity contribution >= 4 is 22.4 Å². The van der Waals surface area contributed by atoms with Crippen LogP contribution in [0.2, 0.25) is 0 Å². The zero-order valence-electron chi connectivity index (χ0n) is 10.5. The number of rotatable bonds is 5. The molecule has 3 rings (SSSR count). The third-order valence-electron chi connectivity index (χ3n) is 4.09. The van der Waals surface area contributed by atoms with Crippen LogP contribution in [0, 0.1) is 5.92 Å². The average molecular weight is 251 g/mol. The van der Waals surface area contributed by atoms with Gasteiger partial charge in [-0.2, -0.15) is 4.37 Å². The van der Waals surface area contributed by atoms with Crippen molar-refractivity contribution in [1.82, 2.24) is 4.37 Å². The monoisotopic (exact) mass is 251 g/mol. The fraction of sp³-hybridized carbons (Fsp3) is 0.769. The van der Waals surface area contributed by atoms with E-state index in [1.807, 2.05) is 0 Å². The van der Waals surface area contributed by atoms with E-state index in [4.69, 9.17) is 5.73 Å². The van der Waals surface area contributed by atoms with Crippen LogP contribution in [-0.4, -0.2) is 17.5 Å². The van der Waals surface area contributed by atoms with Gasteiger partial charge in [-0.3, -0.25) is 0 Å². The Labute approximate surface area is 107 Å². The lowest BCUT2D eigenvalue weighted by molar-refractivity contribution is 0.319. The summed E-state index contributed by atoms with van der Waals surface area (Å²) < 4.78 is 4.38. The van der Waals surface area contributed by atoms with Gasteiger partial charge in [0.2, 0.25) is 0 Å². The lowest BCUT2D eigenvalue weighted by atomic mass is 9.85. The molecule has 1 aromatic rings. The molecule has 2 fully saturated rings. The van der Waals surface area contributed by atoms with Gasteiger partial charge in [-0.15, -0.1) is 0 Å². The van der Waals surface area contributed by atoms with Crippen LogP contribution in [-0.2, 0) is 0 Å². The first-order valence-corrected chi connectivity index (χ1v) is 7.57. The second kappa shape index (κ2) is 4.48. The van der Waals surface area contributed by atoms with Crippen LogP contribution in [0.1, 0.15) is 50.5 Å². The molecule has 1 heterocycles. The molecule has 3 nitrogen and oxygen atoms in total. The van der Waals surface area contributed by atoms with Gasteiger partial charge in [0.15, 0.2) is 0 Å². The lowest BCUT2D eigenvalue weighted by Crippen LogP contribution is -2.32. The summed E-state index contributed by atoms with van der Waals surface area (Å²) in [6.45, 7) is 4.53. The lowest BCUT2D eigenvalue weighted by Gasteiger charge is -2.32. The Balaban J connectivity index is 1.79. The number of anilines is 2. The standard InChI is InChI=1S/C13H21N3S/c1-2-16(8-9-4-3-5-9)13-11(10-6-7-10)12(14)15-17-13/h9-10H,2-8H2,1H3,(H2,14,15). The molecule has 0 bridgehead atoms. The van der Waals surface area contributed by atoms with Gasteiger partial charge in [-0.1, -0.05) is 6.42 Å². The third kappa shape index (κ3) is 2.15. The number of aromatic nitrogens is 1. The van der Waals surface area contributed by atoms with Crippen LogP contribution < -0.4 is 10.6 Å². The van der Waals surface area contributed by atoms with E-state index < -0.39 is 0 Å². The topological polar surface area (TPSA) is 42.2 Å². The predicted octanol–water partition coefficient (Wildman–Crippen LogP) is 3.23. The molecule has 2 aliphatic rings. The number of hydrogen-bond donors (Lipinski definition) is 1. The highest BCUT2D eigenvalue weighted by Gasteiger charge is 2.32. The highest BCUT2D eigenvalue weighted by molar-refractivity contribution is 7.10. The molecule has 2 saturated carbocycles. The van der Waals surface area contributed by atoms with Crippen LogP contribution >= 0.6 is 11.5 Å². The summed E-state index contributed by atoms with van der Waals surface area (Å²) in [6, 6.07) is 0. The second-order valence-electron chi connectivity index (χ2n) is 5.40. The quantitative estimate of drug-likeness (QED) is 0.873. The first-order valence-electron chi connectivity index (χ1n) is 6.79. The van der Waals surface area contributed by atoms with Gasteiger partial charge in [-0.05, 0) is 56.0 Å². The van der Waals surface area contributed by atoms with Gasteiger partial charge in [0.05, 0.1) is 0 Å². The van der Waals surface area contributed by atoms with Gasteiger partial charge in [0.25, 0.3) is 0 Å². The summed E-state index contributed by atoms with van der Waals surface area (Å²) in [7, 11) is 0. The summed E-state index contributed by atoms with van der Waals surface area (Å²) in [6.07, 6.45) is 6.84. The molecule has 1 aromatic heterocycles. The largest absolute Gasteiger partial charge is 0.383 e. The molecule has 2 N–H and O–H groups in total. The molecule has 2 aliphatic carbocycles. The van der Waals surface area contributed by atoms with E-state index in [-0.39, 0.29) is 0 Å². The molecule has 4 heteroatoms. The minimum atomic E-state index is 0.708. The fourth-order valence-electron chi connectivity index (χ4n) is 2.63. The molecule has 0 aromatic carbocycles. The number of hydrogen-bond acceptors (Lipinski definition) is 4. The molecule has 0 radical (unpaired) electrons. The van der Waals surface area contributed by atoms with Crippen molar-refractivity contribution in [1.29, 1.82) is 0 Å². The molecular formula is C13H21N3S. The van der Waals surface area contributed by atoms with Crippen molar-refractivity contribution in [2.75, 3.05) is 23.7 Å². The smallest absolute Gasteiger partial charge is 0.142 e. The van der Waals surface area contributed by atoms with Gasteiger partial charge in [0, 0.05) is 18.7 Å². The fourth-order valence-corrected chi connectivity index (χ4v) is 3.60. The van der Waals surface area contributed by atoms with Crippen molar-refractivity contribution < 1.29 is 0 Å². The molecule has 0 spiro atoms. The first-order chi connectivity index (χ1) is 8.29. The van der Waals surface area contributed by atoms with Crippen LogP contribution in [0.15, 0.2) is 0 Å². The predicted molar refractivity (Wildman–Crippen MR) is 73.7 cm³/mol. The van der Waals surface area contributed by atoms with Crippen molar-refractivity contribution in [3.63, 3.8) is 0 Å². The van der Waals surface area contributed by atoms with Crippen LogP contribution in [0.5, 0.6) is 0 Å².